The molecule has 0 radical (unpaired) electrons. The lowest BCUT2D eigenvalue weighted by Gasteiger charge is -2.27. The van der Waals surface area contributed by atoms with Gasteiger partial charge in [0.2, 0.25) is 11.8 Å². The number of hydrogen-bond donors (Lipinski definition) is 2. The SMILES string of the molecule is CN(C)[C@H](CNC(=O)[C@@H]1CC(=O)Nc2ccccc21)c1ccsc1. The van der Waals surface area contributed by atoms with Gasteiger partial charge >= 0.3 is 0 Å². The van der Waals surface area contributed by atoms with Crippen molar-refractivity contribution in [3.8, 4) is 0 Å². The Morgan fingerprint density at radius 3 is 2.88 bits per heavy atom. The van der Waals surface area contributed by atoms with Crippen LogP contribution in [0.15, 0.2) is 41.1 Å². The molecule has 1 aromatic carbocycles. The minimum atomic E-state index is -0.430. The average molecular weight is 343 g/mol. The Hall–Kier alpha value is -2.18. The number of para-hydroxylation sites is 1. The van der Waals surface area contributed by atoms with Gasteiger partial charge in [0.1, 0.15) is 0 Å². The molecule has 0 saturated heterocycles. The highest BCUT2D eigenvalue weighted by Gasteiger charge is 2.30. The van der Waals surface area contributed by atoms with Crippen molar-refractivity contribution < 1.29 is 9.59 Å². The Bertz CT molecular complexity index is 728. The van der Waals surface area contributed by atoms with Crippen LogP contribution in [0.3, 0.4) is 0 Å². The van der Waals surface area contributed by atoms with E-state index in [1.54, 1.807) is 11.3 Å². The predicted molar refractivity (Wildman–Crippen MR) is 96.2 cm³/mol. The van der Waals surface area contributed by atoms with Gasteiger partial charge in [0, 0.05) is 18.7 Å². The maximum absolute atomic E-state index is 12.7. The van der Waals surface area contributed by atoms with Crippen LogP contribution in [0.2, 0.25) is 0 Å². The molecule has 0 aliphatic carbocycles. The van der Waals surface area contributed by atoms with Gasteiger partial charge in [0.15, 0.2) is 0 Å². The minimum Gasteiger partial charge on any atom is -0.354 e. The Morgan fingerprint density at radius 2 is 2.17 bits per heavy atom. The highest BCUT2D eigenvalue weighted by atomic mass is 32.1. The third-order valence-corrected chi connectivity index (χ3v) is 5.04. The first-order valence-corrected chi connectivity index (χ1v) is 8.85. The van der Waals surface area contributed by atoms with E-state index in [9.17, 15) is 9.59 Å². The Balaban J connectivity index is 1.72. The summed E-state index contributed by atoms with van der Waals surface area (Å²) >= 11 is 1.65. The lowest BCUT2D eigenvalue weighted by molar-refractivity contribution is -0.126. The summed E-state index contributed by atoms with van der Waals surface area (Å²) in [5.41, 5.74) is 2.80. The molecule has 2 N–H and O–H groups in total. The number of nitrogens with one attached hydrogen (secondary N) is 2. The second-order valence-corrected chi connectivity index (χ2v) is 6.95. The first-order chi connectivity index (χ1) is 11.6. The molecule has 2 atom stereocenters. The van der Waals surface area contributed by atoms with E-state index >= 15 is 0 Å². The number of fused-ring (bicyclic) bond motifs is 1. The molecule has 2 amide bonds. The fourth-order valence-corrected chi connectivity index (χ4v) is 3.74. The fraction of sp³-hybridized carbons (Fsp3) is 0.333. The van der Waals surface area contributed by atoms with Crippen molar-refractivity contribution in [2.75, 3.05) is 26.0 Å². The van der Waals surface area contributed by atoms with Crippen LogP contribution < -0.4 is 10.6 Å². The molecule has 0 saturated carbocycles. The van der Waals surface area contributed by atoms with E-state index < -0.39 is 5.92 Å². The topological polar surface area (TPSA) is 61.4 Å². The van der Waals surface area contributed by atoms with Crippen molar-refractivity contribution in [2.24, 2.45) is 0 Å². The molecule has 2 aromatic rings. The summed E-state index contributed by atoms with van der Waals surface area (Å²) in [5.74, 6) is -0.643. The fourth-order valence-electron chi connectivity index (χ4n) is 3.03. The Morgan fingerprint density at radius 1 is 1.38 bits per heavy atom. The van der Waals surface area contributed by atoms with Crippen LogP contribution in [0, 0.1) is 0 Å². The maximum Gasteiger partial charge on any atom is 0.228 e. The molecule has 1 aliphatic rings. The molecule has 1 aromatic heterocycles. The molecule has 6 heteroatoms. The second kappa shape index (κ2) is 7.15. The molecular weight excluding hydrogens is 322 g/mol. The molecule has 0 unspecified atom stereocenters. The number of rotatable bonds is 5. The monoisotopic (exact) mass is 343 g/mol. The summed E-state index contributed by atoms with van der Waals surface area (Å²) in [6.07, 6.45) is 0.188. The molecule has 0 fully saturated rings. The number of benzene rings is 1. The zero-order chi connectivity index (χ0) is 17.1. The van der Waals surface area contributed by atoms with E-state index in [-0.39, 0.29) is 24.3 Å². The summed E-state index contributed by atoms with van der Waals surface area (Å²) in [4.78, 5) is 26.7. The minimum absolute atomic E-state index is 0.0978. The van der Waals surface area contributed by atoms with E-state index in [2.05, 4.69) is 27.0 Å². The highest BCUT2D eigenvalue weighted by Crippen LogP contribution is 2.32. The maximum atomic E-state index is 12.7. The summed E-state index contributed by atoms with van der Waals surface area (Å²) in [7, 11) is 4.00. The second-order valence-electron chi connectivity index (χ2n) is 6.17. The number of carbonyl (C=O) groups is 2. The largest absolute Gasteiger partial charge is 0.354 e. The lowest BCUT2D eigenvalue weighted by atomic mass is 9.89. The Labute approximate surface area is 145 Å². The number of thiophene rings is 1. The molecule has 1 aliphatic heterocycles. The number of amides is 2. The lowest BCUT2D eigenvalue weighted by Crippen LogP contribution is -2.39. The van der Waals surface area contributed by atoms with Crippen molar-refractivity contribution in [1.82, 2.24) is 10.2 Å². The van der Waals surface area contributed by atoms with Crippen LogP contribution in [-0.2, 0) is 9.59 Å². The van der Waals surface area contributed by atoms with Crippen LogP contribution in [-0.4, -0.2) is 37.4 Å². The molecule has 0 spiro atoms. The predicted octanol–water partition coefficient (Wildman–Crippen LogP) is 2.59. The molecule has 0 bridgehead atoms. The van der Waals surface area contributed by atoms with Gasteiger partial charge in [-0.25, -0.2) is 0 Å². The van der Waals surface area contributed by atoms with E-state index in [1.165, 1.54) is 5.56 Å². The third kappa shape index (κ3) is 3.49. The number of carbonyl (C=O) groups excluding carboxylic acids is 2. The van der Waals surface area contributed by atoms with Crippen LogP contribution in [0.4, 0.5) is 5.69 Å². The summed E-state index contributed by atoms with van der Waals surface area (Å²) in [5, 5.41) is 9.99. The van der Waals surface area contributed by atoms with Gasteiger partial charge in [0.05, 0.1) is 12.0 Å². The Kier molecular flexibility index (Phi) is 4.97. The molecule has 126 valence electrons. The van der Waals surface area contributed by atoms with Gasteiger partial charge in [-0.3, -0.25) is 9.59 Å². The average Bonchev–Trinajstić information content (AvgIpc) is 3.07. The van der Waals surface area contributed by atoms with E-state index in [0.717, 1.165) is 11.3 Å². The van der Waals surface area contributed by atoms with Crippen molar-refractivity contribution in [1.29, 1.82) is 0 Å². The van der Waals surface area contributed by atoms with Crippen molar-refractivity contribution in [3.63, 3.8) is 0 Å². The zero-order valence-corrected chi connectivity index (χ0v) is 14.6. The zero-order valence-electron chi connectivity index (χ0n) is 13.8. The first kappa shape index (κ1) is 16.7. The molecule has 3 rings (SSSR count). The number of nitrogens with zero attached hydrogens (tertiary/aromatic N) is 1. The van der Waals surface area contributed by atoms with E-state index in [0.29, 0.717) is 6.54 Å². The third-order valence-electron chi connectivity index (χ3n) is 4.34. The van der Waals surface area contributed by atoms with Crippen LogP contribution in [0.25, 0.3) is 0 Å². The quantitative estimate of drug-likeness (QED) is 0.877. The van der Waals surface area contributed by atoms with Crippen molar-refractivity contribution >= 4 is 28.8 Å². The van der Waals surface area contributed by atoms with Crippen LogP contribution >= 0.6 is 11.3 Å². The normalized spacial score (nSPS) is 18.0. The molecule has 5 nitrogen and oxygen atoms in total. The van der Waals surface area contributed by atoms with E-state index in [4.69, 9.17) is 0 Å². The van der Waals surface area contributed by atoms with Gasteiger partial charge in [-0.15, -0.1) is 0 Å². The van der Waals surface area contributed by atoms with Crippen molar-refractivity contribution in [3.05, 3.63) is 52.2 Å². The smallest absolute Gasteiger partial charge is 0.228 e. The van der Waals surface area contributed by atoms with Gasteiger partial charge < -0.3 is 15.5 Å². The standard InChI is InChI=1S/C18H21N3O2S/c1-21(2)16(12-7-8-24-11-12)10-19-18(23)14-9-17(22)20-15-6-4-3-5-13(14)15/h3-8,11,14,16H,9-10H2,1-2H3,(H,19,23)(H,20,22)/t14-,16-/m1/s1. The van der Waals surface area contributed by atoms with Gasteiger partial charge in [-0.1, -0.05) is 18.2 Å². The molecule has 24 heavy (non-hydrogen) atoms. The highest BCUT2D eigenvalue weighted by molar-refractivity contribution is 7.07. The molecular formula is C18H21N3O2S. The van der Waals surface area contributed by atoms with Crippen LogP contribution in [0.1, 0.15) is 29.5 Å². The summed E-state index contributed by atoms with van der Waals surface area (Å²) < 4.78 is 0. The number of hydrogen-bond acceptors (Lipinski definition) is 4. The first-order valence-electron chi connectivity index (χ1n) is 7.91. The van der Waals surface area contributed by atoms with Gasteiger partial charge in [-0.2, -0.15) is 11.3 Å². The number of likely N-dealkylation sites (N-methyl/N-ethyl adjacent to an activating group) is 1. The van der Waals surface area contributed by atoms with Gasteiger partial charge in [-0.05, 0) is 48.1 Å². The van der Waals surface area contributed by atoms with Crippen molar-refractivity contribution in [2.45, 2.75) is 18.4 Å². The van der Waals surface area contributed by atoms with Crippen LogP contribution in [0.5, 0.6) is 0 Å². The van der Waals surface area contributed by atoms with Gasteiger partial charge in [0.25, 0.3) is 0 Å². The number of anilines is 1. The summed E-state index contributed by atoms with van der Waals surface area (Å²) in [6, 6.07) is 9.68. The summed E-state index contributed by atoms with van der Waals surface area (Å²) in [6.45, 7) is 0.517. The molecule has 2 heterocycles. The van der Waals surface area contributed by atoms with E-state index in [1.807, 2.05) is 43.7 Å².